The molecular formula is C22H20N4O3. The summed E-state index contributed by atoms with van der Waals surface area (Å²) in [6.07, 6.45) is 0.741. The van der Waals surface area contributed by atoms with Crippen LogP contribution in [0.4, 0.5) is 10.5 Å². The van der Waals surface area contributed by atoms with E-state index in [1.165, 1.54) is 0 Å². The lowest BCUT2D eigenvalue weighted by Gasteiger charge is -2.25. The normalized spacial score (nSPS) is 23.0. The lowest BCUT2D eigenvalue weighted by atomic mass is 9.91. The molecule has 29 heavy (non-hydrogen) atoms. The monoisotopic (exact) mass is 388 g/mol. The number of nitrogens with one attached hydrogen (secondary N) is 1. The highest BCUT2D eigenvalue weighted by Gasteiger charge is 2.50. The summed E-state index contributed by atoms with van der Waals surface area (Å²) in [5, 5.41) is 11.6. The Kier molecular flexibility index (Phi) is 4.35. The van der Waals surface area contributed by atoms with Crippen LogP contribution in [-0.2, 0) is 21.5 Å². The number of hydrogen-bond acceptors (Lipinski definition) is 4. The maximum Gasteiger partial charge on any atom is 0.325 e. The summed E-state index contributed by atoms with van der Waals surface area (Å²) in [7, 11) is 0. The van der Waals surface area contributed by atoms with Crippen molar-refractivity contribution in [1.82, 2.24) is 10.2 Å². The van der Waals surface area contributed by atoms with Crippen LogP contribution in [0.15, 0.2) is 48.5 Å². The number of carbonyl (C=O) groups is 3. The molecule has 2 heterocycles. The average Bonchev–Trinajstić information content (AvgIpc) is 3.16. The van der Waals surface area contributed by atoms with Crippen LogP contribution < -0.4 is 10.2 Å². The van der Waals surface area contributed by atoms with Crippen molar-refractivity contribution < 1.29 is 14.4 Å². The standard InChI is InChI=1S/C22H20N4O3/c1-14-11-16-5-3-4-6-18(16)26(14)19(27)13-25-20(28)22(2,24-21(25)29)17-9-7-15(12-23)8-10-17/h3-10,14H,11,13H2,1-2H3,(H,24,29). The first-order chi connectivity index (χ1) is 13.8. The second-order valence-electron chi connectivity index (χ2n) is 7.58. The summed E-state index contributed by atoms with van der Waals surface area (Å²) in [6, 6.07) is 15.5. The van der Waals surface area contributed by atoms with Crippen LogP contribution in [0.3, 0.4) is 0 Å². The molecule has 0 saturated carbocycles. The van der Waals surface area contributed by atoms with E-state index >= 15 is 0 Å². The topological polar surface area (TPSA) is 93.5 Å². The van der Waals surface area contributed by atoms with Crippen molar-refractivity contribution in [2.75, 3.05) is 11.4 Å². The summed E-state index contributed by atoms with van der Waals surface area (Å²) >= 11 is 0. The highest BCUT2D eigenvalue weighted by atomic mass is 16.2. The molecule has 2 aromatic rings. The van der Waals surface area contributed by atoms with E-state index in [9.17, 15) is 14.4 Å². The van der Waals surface area contributed by atoms with Crippen molar-refractivity contribution in [2.45, 2.75) is 31.8 Å². The number of para-hydroxylation sites is 1. The Morgan fingerprint density at radius 1 is 1.21 bits per heavy atom. The van der Waals surface area contributed by atoms with Crippen molar-refractivity contribution in [3.05, 3.63) is 65.2 Å². The van der Waals surface area contributed by atoms with Gasteiger partial charge in [0, 0.05) is 11.7 Å². The first-order valence-corrected chi connectivity index (χ1v) is 9.40. The van der Waals surface area contributed by atoms with Crippen LogP contribution >= 0.6 is 0 Å². The summed E-state index contributed by atoms with van der Waals surface area (Å²) in [5.41, 5.74) is 1.65. The largest absolute Gasteiger partial charge is 0.325 e. The molecule has 2 aliphatic rings. The highest BCUT2D eigenvalue weighted by Crippen LogP contribution is 2.33. The van der Waals surface area contributed by atoms with Crippen molar-refractivity contribution in [3.63, 3.8) is 0 Å². The van der Waals surface area contributed by atoms with Crippen LogP contribution in [0.5, 0.6) is 0 Å². The molecule has 1 fully saturated rings. The Labute approximate surface area is 168 Å². The molecule has 4 amide bonds. The van der Waals surface area contributed by atoms with Crippen LogP contribution in [0.25, 0.3) is 0 Å². The van der Waals surface area contributed by atoms with Gasteiger partial charge < -0.3 is 10.2 Å². The van der Waals surface area contributed by atoms with Gasteiger partial charge in [-0.25, -0.2) is 4.79 Å². The Morgan fingerprint density at radius 3 is 2.59 bits per heavy atom. The number of benzene rings is 2. The number of carbonyl (C=O) groups excluding carboxylic acids is 3. The fourth-order valence-electron chi connectivity index (χ4n) is 4.07. The number of urea groups is 1. The van der Waals surface area contributed by atoms with E-state index in [1.54, 1.807) is 36.1 Å². The van der Waals surface area contributed by atoms with Crippen LogP contribution in [0.2, 0.25) is 0 Å². The van der Waals surface area contributed by atoms with Crippen molar-refractivity contribution in [2.24, 2.45) is 0 Å². The van der Waals surface area contributed by atoms with Gasteiger partial charge in [0.05, 0.1) is 11.6 Å². The van der Waals surface area contributed by atoms with Gasteiger partial charge >= 0.3 is 6.03 Å². The van der Waals surface area contributed by atoms with Gasteiger partial charge in [0.15, 0.2) is 0 Å². The molecule has 2 aliphatic heterocycles. The molecular weight excluding hydrogens is 368 g/mol. The molecule has 2 aromatic carbocycles. The molecule has 4 rings (SSSR count). The van der Waals surface area contributed by atoms with E-state index in [4.69, 9.17) is 5.26 Å². The summed E-state index contributed by atoms with van der Waals surface area (Å²) in [5.74, 6) is -0.782. The van der Waals surface area contributed by atoms with Gasteiger partial charge in [-0.15, -0.1) is 0 Å². The third-order valence-corrected chi connectivity index (χ3v) is 5.64. The second kappa shape index (κ2) is 6.74. The minimum absolute atomic E-state index is 0.0365. The molecule has 0 radical (unpaired) electrons. The smallest absolute Gasteiger partial charge is 0.319 e. The predicted molar refractivity (Wildman–Crippen MR) is 106 cm³/mol. The zero-order valence-corrected chi connectivity index (χ0v) is 16.2. The highest BCUT2D eigenvalue weighted by molar-refractivity contribution is 6.10. The van der Waals surface area contributed by atoms with Gasteiger partial charge in [-0.05, 0) is 49.6 Å². The number of nitriles is 1. The maximum atomic E-state index is 13.1. The van der Waals surface area contributed by atoms with Gasteiger partial charge in [-0.1, -0.05) is 30.3 Å². The van der Waals surface area contributed by atoms with Crippen molar-refractivity contribution in [3.8, 4) is 6.07 Å². The Balaban J connectivity index is 1.57. The minimum Gasteiger partial charge on any atom is -0.319 e. The number of hydrogen-bond donors (Lipinski definition) is 1. The second-order valence-corrected chi connectivity index (χ2v) is 7.58. The fourth-order valence-corrected chi connectivity index (χ4v) is 4.07. The van der Waals surface area contributed by atoms with Crippen LogP contribution in [-0.4, -0.2) is 35.3 Å². The van der Waals surface area contributed by atoms with Crippen molar-refractivity contribution >= 4 is 23.5 Å². The number of fused-ring (bicyclic) bond motifs is 1. The molecule has 7 heteroatoms. The molecule has 2 unspecified atom stereocenters. The van der Waals surface area contributed by atoms with E-state index in [0.717, 1.165) is 22.6 Å². The Bertz CT molecular complexity index is 1060. The summed E-state index contributed by atoms with van der Waals surface area (Å²) in [4.78, 5) is 41.3. The predicted octanol–water partition coefficient (Wildman–Crippen LogP) is 2.30. The Morgan fingerprint density at radius 2 is 1.90 bits per heavy atom. The van der Waals surface area contributed by atoms with Gasteiger partial charge in [-0.2, -0.15) is 5.26 Å². The number of rotatable bonds is 3. The lowest BCUT2D eigenvalue weighted by Crippen LogP contribution is -2.46. The van der Waals surface area contributed by atoms with E-state index in [-0.39, 0.29) is 18.5 Å². The molecule has 7 nitrogen and oxygen atoms in total. The molecule has 146 valence electrons. The average molecular weight is 388 g/mol. The SMILES string of the molecule is CC1Cc2ccccc2N1C(=O)CN1C(=O)NC(C)(c2ccc(C#N)cc2)C1=O. The van der Waals surface area contributed by atoms with E-state index < -0.39 is 17.5 Å². The number of imide groups is 1. The summed E-state index contributed by atoms with van der Waals surface area (Å²) in [6.45, 7) is 3.23. The quantitative estimate of drug-likeness (QED) is 0.817. The van der Waals surface area contributed by atoms with Crippen LogP contribution in [0, 0.1) is 11.3 Å². The third kappa shape index (κ3) is 2.93. The maximum absolute atomic E-state index is 13.1. The third-order valence-electron chi connectivity index (χ3n) is 5.64. The molecule has 0 spiro atoms. The molecule has 0 bridgehead atoms. The first kappa shape index (κ1) is 18.7. The zero-order chi connectivity index (χ0) is 20.8. The van der Waals surface area contributed by atoms with Gasteiger partial charge in [0.1, 0.15) is 12.1 Å². The van der Waals surface area contributed by atoms with E-state index in [1.807, 2.05) is 37.3 Å². The zero-order valence-electron chi connectivity index (χ0n) is 16.2. The summed E-state index contributed by atoms with van der Waals surface area (Å²) < 4.78 is 0. The van der Waals surface area contributed by atoms with Gasteiger partial charge in [-0.3, -0.25) is 14.5 Å². The fraction of sp³-hybridized carbons (Fsp3) is 0.273. The molecule has 1 saturated heterocycles. The minimum atomic E-state index is -1.28. The van der Waals surface area contributed by atoms with Crippen molar-refractivity contribution in [1.29, 1.82) is 5.26 Å². The first-order valence-electron chi connectivity index (χ1n) is 9.40. The van der Waals surface area contributed by atoms with E-state index in [2.05, 4.69) is 5.32 Å². The molecule has 1 N–H and O–H groups in total. The molecule has 0 aliphatic carbocycles. The van der Waals surface area contributed by atoms with Crippen LogP contribution in [0.1, 0.15) is 30.5 Å². The number of anilines is 1. The van der Waals surface area contributed by atoms with Gasteiger partial charge in [0.2, 0.25) is 5.91 Å². The molecule has 0 aromatic heterocycles. The Hall–Kier alpha value is -3.66. The van der Waals surface area contributed by atoms with Gasteiger partial charge in [0.25, 0.3) is 5.91 Å². The van der Waals surface area contributed by atoms with E-state index in [0.29, 0.717) is 11.1 Å². The molecule has 2 atom stereocenters. The lowest BCUT2D eigenvalue weighted by molar-refractivity contribution is -0.134. The number of amides is 4. The number of nitrogens with zero attached hydrogens (tertiary/aromatic N) is 3.